The van der Waals surface area contributed by atoms with Crippen LogP contribution in [0.2, 0.25) is 0 Å². The number of carbonyl (C=O) groups excluding carboxylic acids is 2. The van der Waals surface area contributed by atoms with E-state index >= 15 is 0 Å². The lowest BCUT2D eigenvalue weighted by Crippen LogP contribution is -2.49. The molecule has 5 rings (SSSR count). The van der Waals surface area contributed by atoms with Gasteiger partial charge in [0.05, 0.1) is 17.3 Å². The van der Waals surface area contributed by atoms with E-state index in [9.17, 15) is 9.59 Å². The maximum absolute atomic E-state index is 14.0. The standard InChI is InChI=1S/C26H34N4O2S/c1-28-14-15-30(23(18-28)24-7-6-16-33-24)26(32)21-11-10-20(27-25(31)19-8-9-19)17-22(21)29-12-4-2-3-5-13-29/h6-7,10-11,16-17,19,23H,2-5,8-9,12-15,18H2,1H3,(H,27,31). The molecule has 2 aliphatic heterocycles. The Hall–Kier alpha value is -2.38. The summed E-state index contributed by atoms with van der Waals surface area (Å²) in [5, 5.41) is 5.18. The minimum atomic E-state index is 0.0717. The summed E-state index contributed by atoms with van der Waals surface area (Å²) in [5.41, 5.74) is 2.53. The molecule has 1 aliphatic carbocycles. The second-order valence-corrected chi connectivity index (χ2v) is 10.7. The third-order valence-electron chi connectivity index (χ3n) is 7.11. The van der Waals surface area contributed by atoms with E-state index < -0.39 is 0 Å². The lowest BCUT2D eigenvalue weighted by molar-refractivity contribution is -0.117. The van der Waals surface area contributed by atoms with Crippen LogP contribution in [0.3, 0.4) is 0 Å². The molecule has 3 aliphatic rings. The highest BCUT2D eigenvalue weighted by Crippen LogP contribution is 2.35. The van der Waals surface area contributed by atoms with Gasteiger partial charge in [-0.05, 0) is 62.4 Å². The van der Waals surface area contributed by atoms with Crippen LogP contribution in [0.5, 0.6) is 0 Å². The quantitative estimate of drug-likeness (QED) is 0.699. The first kappa shape index (κ1) is 22.4. The molecular formula is C26H34N4O2S. The highest BCUT2D eigenvalue weighted by atomic mass is 32.1. The zero-order valence-corrected chi connectivity index (χ0v) is 20.3. The molecule has 3 heterocycles. The summed E-state index contributed by atoms with van der Waals surface area (Å²) in [5.74, 6) is 0.360. The summed E-state index contributed by atoms with van der Waals surface area (Å²) < 4.78 is 0. The molecule has 33 heavy (non-hydrogen) atoms. The minimum Gasteiger partial charge on any atom is -0.371 e. The third kappa shape index (κ3) is 5.09. The molecule has 1 saturated carbocycles. The average molecular weight is 467 g/mol. The Morgan fingerprint density at radius 3 is 2.48 bits per heavy atom. The number of likely N-dealkylation sites (N-methyl/N-ethyl adjacent to an activating group) is 1. The number of nitrogens with zero attached hydrogens (tertiary/aromatic N) is 3. The molecule has 7 heteroatoms. The molecule has 2 saturated heterocycles. The normalized spacial score (nSPS) is 22.2. The number of benzene rings is 1. The van der Waals surface area contributed by atoms with E-state index in [1.807, 2.05) is 18.2 Å². The Balaban J connectivity index is 1.47. The number of rotatable bonds is 5. The largest absolute Gasteiger partial charge is 0.371 e. The van der Waals surface area contributed by atoms with Gasteiger partial charge in [0.2, 0.25) is 5.91 Å². The number of thiophene rings is 1. The van der Waals surface area contributed by atoms with Gasteiger partial charge in [0.1, 0.15) is 0 Å². The summed E-state index contributed by atoms with van der Waals surface area (Å²) in [6, 6.07) is 10.2. The van der Waals surface area contributed by atoms with E-state index in [4.69, 9.17) is 0 Å². The molecule has 0 radical (unpaired) electrons. The van der Waals surface area contributed by atoms with Crippen LogP contribution in [0.15, 0.2) is 35.7 Å². The first-order chi connectivity index (χ1) is 16.1. The Morgan fingerprint density at radius 2 is 1.79 bits per heavy atom. The van der Waals surface area contributed by atoms with Crippen molar-refractivity contribution in [1.82, 2.24) is 9.80 Å². The highest BCUT2D eigenvalue weighted by molar-refractivity contribution is 7.10. The molecule has 1 N–H and O–H groups in total. The van der Waals surface area contributed by atoms with Crippen LogP contribution in [0.25, 0.3) is 0 Å². The van der Waals surface area contributed by atoms with Gasteiger partial charge in [0, 0.05) is 49.2 Å². The van der Waals surface area contributed by atoms with Crippen molar-refractivity contribution < 1.29 is 9.59 Å². The van der Waals surface area contributed by atoms with Crippen LogP contribution in [-0.2, 0) is 4.79 Å². The van der Waals surface area contributed by atoms with Crippen molar-refractivity contribution >= 4 is 34.5 Å². The topological polar surface area (TPSA) is 55.9 Å². The van der Waals surface area contributed by atoms with Gasteiger partial charge in [-0.25, -0.2) is 0 Å². The predicted molar refractivity (Wildman–Crippen MR) is 134 cm³/mol. The number of amides is 2. The van der Waals surface area contributed by atoms with Crippen molar-refractivity contribution in [2.45, 2.75) is 44.6 Å². The van der Waals surface area contributed by atoms with Gasteiger partial charge in [-0.15, -0.1) is 11.3 Å². The van der Waals surface area contributed by atoms with Crippen LogP contribution in [0, 0.1) is 5.92 Å². The monoisotopic (exact) mass is 466 g/mol. The first-order valence-corrected chi connectivity index (χ1v) is 13.2. The van der Waals surface area contributed by atoms with E-state index in [0.717, 1.165) is 75.3 Å². The number of hydrogen-bond donors (Lipinski definition) is 1. The van der Waals surface area contributed by atoms with Crippen LogP contribution >= 0.6 is 11.3 Å². The maximum Gasteiger partial charge on any atom is 0.256 e. The van der Waals surface area contributed by atoms with Crippen LogP contribution in [0.1, 0.15) is 59.8 Å². The Bertz CT molecular complexity index is 980. The molecule has 176 valence electrons. The summed E-state index contributed by atoms with van der Waals surface area (Å²) in [6.45, 7) is 4.36. The molecule has 2 aromatic rings. The number of piperazine rings is 1. The molecule has 1 aromatic heterocycles. The fourth-order valence-electron chi connectivity index (χ4n) is 4.99. The zero-order valence-electron chi connectivity index (χ0n) is 19.5. The molecule has 2 amide bonds. The van der Waals surface area contributed by atoms with Crippen LogP contribution in [-0.4, -0.2) is 61.4 Å². The molecule has 3 fully saturated rings. The molecule has 0 spiro atoms. The molecule has 1 aromatic carbocycles. The average Bonchev–Trinajstić information content (AvgIpc) is 3.59. The maximum atomic E-state index is 14.0. The van der Waals surface area contributed by atoms with Gasteiger partial charge in [0.15, 0.2) is 0 Å². The van der Waals surface area contributed by atoms with E-state index in [1.165, 1.54) is 17.7 Å². The van der Waals surface area contributed by atoms with E-state index in [0.29, 0.717) is 0 Å². The number of anilines is 2. The Labute approximate surface area is 200 Å². The Morgan fingerprint density at radius 1 is 1.00 bits per heavy atom. The van der Waals surface area contributed by atoms with Gasteiger partial charge in [-0.3, -0.25) is 9.59 Å². The van der Waals surface area contributed by atoms with Crippen molar-refractivity contribution in [3.05, 3.63) is 46.2 Å². The van der Waals surface area contributed by atoms with E-state index in [-0.39, 0.29) is 23.8 Å². The summed E-state index contributed by atoms with van der Waals surface area (Å²) >= 11 is 1.72. The van der Waals surface area contributed by atoms with Gasteiger partial charge in [0.25, 0.3) is 5.91 Å². The van der Waals surface area contributed by atoms with Crippen molar-refractivity contribution in [3.8, 4) is 0 Å². The van der Waals surface area contributed by atoms with Crippen molar-refractivity contribution in [3.63, 3.8) is 0 Å². The second kappa shape index (κ2) is 9.85. The molecular weight excluding hydrogens is 432 g/mol. The molecule has 1 atom stereocenters. The van der Waals surface area contributed by atoms with Crippen LogP contribution in [0.4, 0.5) is 11.4 Å². The molecule has 6 nitrogen and oxygen atoms in total. The first-order valence-electron chi connectivity index (χ1n) is 12.3. The van der Waals surface area contributed by atoms with Gasteiger partial charge in [-0.1, -0.05) is 18.9 Å². The Kier molecular flexibility index (Phi) is 6.69. The second-order valence-electron chi connectivity index (χ2n) is 9.69. The zero-order chi connectivity index (χ0) is 22.8. The number of nitrogens with one attached hydrogen (secondary N) is 1. The predicted octanol–water partition coefficient (Wildman–Crippen LogP) is 4.61. The van der Waals surface area contributed by atoms with E-state index in [2.05, 4.69) is 44.6 Å². The molecule has 1 unspecified atom stereocenters. The summed E-state index contributed by atoms with van der Waals surface area (Å²) in [6.07, 6.45) is 6.70. The summed E-state index contributed by atoms with van der Waals surface area (Å²) in [4.78, 5) is 34.4. The smallest absolute Gasteiger partial charge is 0.256 e. The van der Waals surface area contributed by atoms with Gasteiger partial charge in [-0.2, -0.15) is 0 Å². The van der Waals surface area contributed by atoms with Crippen LogP contribution < -0.4 is 10.2 Å². The summed E-state index contributed by atoms with van der Waals surface area (Å²) in [7, 11) is 2.13. The van der Waals surface area contributed by atoms with Crippen molar-refractivity contribution in [1.29, 1.82) is 0 Å². The van der Waals surface area contributed by atoms with E-state index in [1.54, 1.807) is 11.3 Å². The lowest BCUT2D eigenvalue weighted by Gasteiger charge is -2.40. The minimum absolute atomic E-state index is 0.0717. The van der Waals surface area contributed by atoms with Crippen molar-refractivity contribution in [2.24, 2.45) is 5.92 Å². The fraction of sp³-hybridized carbons (Fsp3) is 0.538. The SMILES string of the molecule is CN1CCN(C(=O)c2ccc(NC(=O)C3CC3)cc2N2CCCCCC2)C(c2cccs2)C1. The molecule has 0 bridgehead atoms. The number of hydrogen-bond acceptors (Lipinski definition) is 5. The third-order valence-corrected chi connectivity index (χ3v) is 8.08. The van der Waals surface area contributed by atoms with Gasteiger partial charge >= 0.3 is 0 Å². The van der Waals surface area contributed by atoms with Gasteiger partial charge < -0.3 is 20.0 Å². The lowest BCUT2D eigenvalue weighted by atomic mass is 10.0. The fourth-order valence-corrected chi connectivity index (χ4v) is 5.83. The highest BCUT2D eigenvalue weighted by Gasteiger charge is 2.34. The number of carbonyl (C=O) groups is 2. The van der Waals surface area contributed by atoms with Crippen molar-refractivity contribution in [2.75, 3.05) is 50.0 Å².